The first-order chi connectivity index (χ1) is 14.9. The number of hydrogen-bond acceptors (Lipinski definition) is 5. The number of benzene rings is 2. The van der Waals surface area contributed by atoms with Gasteiger partial charge in [-0.3, -0.25) is 4.79 Å². The lowest BCUT2D eigenvalue weighted by Crippen LogP contribution is -2.45. The van der Waals surface area contributed by atoms with Crippen molar-refractivity contribution in [3.8, 4) is 5.75 Å². The summed E-state index contributed by atoms with van der Waals surface area (Å²) < 4.78 is 11.3. The molecule has 0 fully saturated rings. The molecule has 2 aromatic carbocycles. The fraction of sp³-hybridized carbons (Fsp3) is 0.417. The number of amides is 1. The summed E-state index contributed by atoms with van der Waals surface area (Å²) in [6.45, 7) is 8.88. The number of aliphatic hydroxyl groups is 1. The van der Waals surface area contributed by atoms with Crippen LogP contribution in [0.2, 0.25) is 0 Å². The van der Waals surface area contributed by atoms with Gasteiger partial charge >= 0.3 is 14.4 Å². The van der Waals surface area contributed by atoms with Crippen LogP contribution in [-0.4, -0.2) is 33.2 Å². The second-order valence-corrected chi connectivity index (χ2v) is 9.64. The van der Waals surface area contributed by atoms with Gasteiger partial charge in [0.1, 0.15) is 11.8 Å². The zero-order valence-electron chi connectivity index (χ0n) is 19.0. The van der Waals surface area contributed by atoms with Crippen molar-refractivity contribution in [3.63, 3.8) is 0 Å². The van der Waals surface area contributed by atoms with Crippen LogP contribution < -0.4 is 5.32 Å². The number of hydrogen-bond donors (Lipinski definition) is 4. The van der Waals surface area contributed by atoms with Gasteiger partial charge < -0.3 is 20.6 Å². The Labute approximate surface area is 189 Å². The molecule has 32 heavy (non-hydrogen) atoms. The Morgan fingerprint density at radius 2 is 1.75 bits per heavy atom. The van der Waals surface area contributed by atoms with Gasteiger partial charge in [-0.1, -0.05) is 30.9 Å². The molecule has 4 N–H and O–H groups in total. The van der Waals surface area contributed by atoms with E-state index in [0.29, 0.717) is 18.4 Å². The van der Waals surface area contributed by atoms with E-state index in [0.717, 1.165) is 22.3 Å². The number of aryl methyl sites for hydroxylation is 2. The van der Waals surface area contributed by atoms with E-state index in [2.05, 4.69) is 5.32 Å². The van der Waals surface area contributed by atoms with Crippen LogP contribution in [0.1, 0.15) is 65.4 Å². The number of phenols is 1. The predicted octanol–water partition coefficient (Wildman–Crippen LogP) is 4.02. The lowest BCUT2D eigenvalue weighted by Gasteiger charge is -2.20. The highest BCUT2D eigenvalue weighted by Crippen LogP contribution is 2.34. The molecule has 1 amide bonds. The number of nitrogens with one attached hydrogen (secondary N) is 1. The van der Waals surface area contributed by atoms with E-state index in [1.165, 1.54) is 13.0 Å². The largest absolute Gasteiger partial charge is 0.507 e. The van der Waals surface area contributed by atoms with E-state index in [1.807, 2.05) is 20.8 Å². The summed E-state index contributed by atoms with van der Waals surface area (Å²) >= 11 is 0. The van der Waals surface area contributed by atoms with Gasteiger partial charge in [-0.15, -0.1) is 0 Å². The first-order valence-corrected chi connectivity index (χ1v) is 11.4. The van der Waals surface area contributed by atoms with Crippen LogP contribution in [0.15, 0.2) is 30.3 Å². The van der Waals surface area contributed by atoms with Gasteiger partial charge in [-0.25, -0.2) is 4.79 Å². The Balaban J connectivity index is 2.35. The maximum atomic E-state index is 12.7. The monoisotopic (exact) mass is 460 g/mol. The van der Waals surface area contributed by atoms with Crippen molar-refractivity contribution < 1.29 is 29.5 Å². The van der Waals surface area contributed by atoms with Crippen molar-refractivity contribution in [1.29, 1.82) is 0 Å². The topological polar surface area (TPSA) is 124 Å². The van der Waals surface area contributed by atoms with Gasteiger partial charge in [0, 0.05) is 12.5 Å². The summed E-state index contributed by atoms with van der Waals surface area (Å²) in [5.74, 6) is -2.26. The SMILES string of the molecule is CCC(C)C(NC(=O)c1cc(Cc2c(C)cc(C(C)(O)[PH+]=O)cc2C)ccc1O)C(=O)O. The molecule has 0 bridgehead atoms. The Bertz CT molecular complexity index is 1010. The number of rotatable bonds is 9. The molecular formula is C24H31NO6P+. The maximum absolute atomic E-state index is 12.7. The van der Waals surface area contributed by atoms with Gasteiger partial charge in [0.25, 0.3) is 11.2 Å². The second-order valence-electron chi connectivity index (χ2n) is 8.47. The van der Waals surface area contributed by atoms with Crippen molar-refractivity contribution in [2.45, 2.75) is 58.8 Å². The third-order valence-electron chi connectivity index (χ3n) is 5.91. The Morgan fingerprint density at radius 3 is 2.25 bits per heavy atom. The third-order valence-corrected chi connectivity index (χ3v) is 6.60. The van der Waals surface area contributed by atoms with Gasteiger partial charge in [-0.05, 0) is 72.7 Å². The number of carboxylic acid groups (broad SMARTS) is 1. The Morgan fingerprint density at radius 1 is 1.16 bits per heavy atom. The maximum Gasteiger partial charge on any atom is 0.364 e. The molecule has 7 nitrogen and oxygen atoms in total. The molecule has 0 heterocycles. The number of aromatic hydroxyl groups is 1. The van der Waals surface area contributed by atoms with Gasteiger partial charge in [-0.2, -0.15) is 0 Å². The zero-order chi connectivity index (χ0) is 24.2. The van der Waals surface area contributed by atoms with Gasteiger partial charge in [0.15, 0.2) is 0 Å². The van der Waals surface area contributed by atoms with E-state index in [-0.39, 0.29) is 17.2 Å². The molecular weight excluding hydrogens is 429 g/mol. The highest BCUT2D eigenvalue weighted by molar-refractivity contribution is 7.25. The summed E-state index contributed by atoms with van der Waals surface area (Å²) in [7, 11) is -0.896. The van der Waals surface area contributed by atoms with Crippen LogP contribution >= 0.6 is 8.46 Å². The van der Waals surface area contributed by atoms with Crippen LogP contribution in [0.5, 0.6) is 5.75 Å². The van der Waals surface area contributed by atoms with Crippen molar-refractivity contribution in [1.82, 2.24) is 5.32 Å². The molecule has 8 heteroatoms. The van der Waals surface area contributed by atoms with Crippen LogP contribution in [0, 0.1) is 19.8 Å². The van der Waals surface area contributed by atoms with Crippen LogP contribution in [-0.2, 0) is 21.1 Å². The van der Waals surface area contributed by atoms with Gasteiger partial charge in [0.2, 0.25) is 0 Å². The Kier molecular flexibility index (Phi) is 8.16. The van der Waals surface area contributed by atoms with E-state index >= 15 is 0 Å². The molecule has 2 aromatic rings. The number of aliphatic carboxylic acids is 1. The van der Waals surface area contributed by atoms with E-state index in [4.69, 9.17) is 0 Å². The summed E-state index contributed by atoms with van der Waals surface area (Å²) in [5, 5.41) is 31.0. The molecule has 2 rings (SSSR count). The lowest BCUT2D eigenvalue weighted by molar-refractivity contribution is -0.140. The normalized spacial score (nSPS) is 15.1. The number of carbonyl (C=O) groups excluding carboxylic acids is 1. The molecule has 0 aliphatic carbocycles. The zero-order valence-corrected chi connectivity index (χ0v) is 20.0. The van der Waals surface area contributed by atoms with Crippen molar-refractivity contribution >= 4 is 20.3 Å². The standard InChI is InChI=1S/C24H30NO6P/c1-6-13(2)21(23(28)29)25-22(27)19-12-16(7-8-20(19)26)11-18-14(3)9-17(10-15(18)4)24(5,30)32-31/h7-10,12-13,21,26,30H,6,11H2,1-5H3,(H,25,27)(H,28,29)/p+1. The fourth-order valence-electron chi connectivity index (χ4n) is 3.59. The minimum Gasteiger partial charge on any atom is -0.507 e. The Hall–Kier alpha value is -2.76. The lowest BCUT2D eigenvalue weighted by atomic mass is 9.92. The quantitative estimate of drug-likeness (QED) is 0.419. The molecule has 0 radical (unpaired) electrons. The summed E-state index contributed by atoms with van der Waals surface area (Å²) in [6.07, 6.45) is 1.05. The van der Waals surface area contributed by atoms with E-state index < -0.39 is 31.7 Å². The molecule has 4 atom stereocenters. The molecule has 0 saturated heterocycles. The molecule has 0 aliphatic heterocycles. The average Bonchev–Trinajstić information content (AvgIpc) is 2.74. The first-order valence-electron chi connectivity index (χ1n) is 10.5. The summed E-state index contributed by atoms with van der Waals surface area (Å²) in [4.78, 5) is 24.3. The molecule has 0 spiro atoms. The predicted molar refractivity (Wildman–Crippen MR) is 124 cm³/mol. The van der Waals surface area contributed by atoms with Crippen LogP contribution in [0.25, 0.3) is 0 Å². The van der Waals surface area contributed by atoms with Crippen molar-refractivity contribution in [2.75, 3.05) is 0 Å². The molecule has 4 unspecified atom stereocenters. The minimum absolute atomic E-state index is 0.0134. The third kappa shape index (κ3) is 5.72. The van der Waals surface area contributed by atoms with Crippen molar-refractivity contribution in [3.05, 3.63) is 63.7 Å². The smallest absolute Gasteiger partial charge is 0.364 e. The molecule has 172 valence electrons. The van der Waals surface area contributed by atoms with Crippen molar-refractivity contribution in [2.24, 2.45) is 5.92 Å². The number of phenolic OH excluding ortho intramolecular Hbond substituents is 1. The summed E-state index contributed by atoms with van der Waals surface area (Å²) in [5.41, 5.74) is 4.14. The highest BCUT2D eigenvalue weighted by atomic mass is 31.1. The van der Waals surface area contributed by atoms with E-state index in [1.54, 1.807) is 31.2 Å². The number of carbonyl (C=O) groups is 2. The second kappa shape index (κ2) is 10.2. The van der Waals surface area contributed by atoms with Crippen LogP contribution in [0.4, 0.5) is 0 Å². The van der Waals surface area contributed by atoms with Gasteiger partial charge in [0.05, 0.1) is 5.56 Å². The number of carboxylic acids is 1. The summed E-state index contributed by atoms with van der Waals surface area (Å²) in [6, 6.07) is 7.23. The fourth-order valence-corrected chi connectivity index (χ4v) is 3.86. The minimum atomic E-state index is -1.42. The molecule has 0 aliphatic rings. The molecule has 0 aromatic heterocycles. The average molecular weight is 460 g/mol. The van der Waals surface area contributed by atoms with Crippen LogP contribution in [0.3, 0.4) is 0 Å². The highest BCUT2D eigenvalue weighted by Gasteiger charge is 2.33. The first kappa shape index (κ1) is 25.5. The van der Waals surface area contributed by atoms with E-state index in [9.17, 15) is 29.5 Å². The molecule has 0 saturated carbocycles.